The highest BCUT2D eigenvalue weighted by Gasteiger charge is 2.23. The Labute approximate surface area is 435 Å². The number of carboxylic acid groups (broad SMARTS) is 5. The van der Waals surface area contributed by atoms with E-state index in [4.69, 9.17) is 76.6 Å². The number of pyridine rings is 1. The summed E-state index contributed by atoms with van der Waals surface area (Å²) < 4.78 is 0. The topological polar surface area (TPSA) is 567 Å². The second-order valence-electron chi connectivity index (χ2n) is 15.5. The first-order valence-electron chi connectivity index (χ1n) is 21.6. The van der Waals surface area contributed by atoms with Gasteiger partial charge in [0.1, 0.15) is 36.1 Å². The van der Waals surface area contributed by atoms with Gasteiger partial charge in [0.15, 0.2) is 17.3 Å². The summed E-state index contributed by atoms with van der Waals surface area (Å²) >= 11 is 5.26. The highest BCUT2D eigenvalue weighted by Crippen LogP contribution is 2.28. The molecule has 414 valence electrons. The molecule has 0 spiro atoms. The van der Waals surface area contributed by atoms with Crippen LogP contribution >= 0.6 is 11.6 Å². The minimum atomic E-state index is -1.29. The standard InChI is InChI=1S/C11H11ClN2O6.C9H10N2O5.C9H12N2O2.C8H10N2O2.C7H14N4O4/c12-5-10(16)13-7(11(17)18)3-6-1-2-9(15)8(4-6)14(19)20;10-6(9(13)14)3-5-1-2-8(12)7(4-5)11(15)16;10-7-3-1-6(2-4-7)5-8(11)9(12)13;9-7(8(11)12)4-6-2-1-3-10-5-6;8-5(7(12)13)2-1-3-10-6(9)4-11(14)15/h1-2,4,7,15H,3,5H2,(H,13,16)(H,17,18);1-2,4,6,12H,3,10H2,(H,13,14);1-4,8H,5,10-11H2,(H,12,13);1-3,5,7H,4,9H2,(H,11,12);5H,1-4,8H2,(H2,9,10)(H,12,13)/t7-;6-;8-;7-;5-/m10000/s1. The molecule has 32 heteroatoms. The molecule has 31 nitrogen and oxygen atoms in total. The van der Waals surface area contributed by atoms with E-state index in [1.54, 1.807) is 48.8 Å². The molecule has 0 aliphatic rings. The molecule has 1 heterocycles. The van der Waals surface area contributed by atoms with Crippen LogP contribution in [0.25, 0.3) is 0 Å². The van der Waals surface area contributed by atoms with Gasteiger partial charge >= 0.3 is 41.2 Å². The predicted octanol–water partition coefficient (Wildman–Crippen LogP) is -0.0225. The zero-order valence-electron chi connectivity index (χ0n) is 39.9. The number of phenols is 2. The molecular formula is C44H57ClN12O19. The van der Waals surface area contributed by atoms with Crippen molar-refractivity contribution in [1.29, 1.82) is 0 Å². The van der Waals surface area contributed by atoms with E-state index in [2.05, 4.69) is 15.3 Å². The molecule has 5 atom stereocenters. The lowest BCUT2D eigenvalue weighted by Crippen LogP contribution is -2.42. The molecule has 4 rings (SSSR count). The zero-order valence-corrected chi connectivity index (χ0v) is 40.7. The van der Waals surface area contributed by atoms with Gasteiger partial charge in [0.05, 0.1) is 9.85 Å². The van der Waals surface area contributed by atoms with Crippen molar-refractivity contribution in [2.75, 3.05) is 24.7 Å². The number of hydrogen-bond donors (Lipinski definition) is 14. The number of carbonyl (C=O) groups is 6. The number of phenolic OH excluding ortho intramolecular Hbond substituents is 2. The van der Waals surface area contributed by atoms with E-state index in [9.17, 15) is 64.2 Å². The number of halogens is 1. The Morgan fingerprint density at radius 1 is 0.632 bits per heavy atom. The molecule has 0 bridgehead atoms. The lowest BCUT2D eigenvalue weighted by molar-refractivity contribution is -0.463. The van der Waals surface area contributed by atoms with Crippen molar-refractivity contribution in [2.45, 2.75) is 68.7 Å². The lowest BCUT2D eigenvalue weighted by Gasteiger charge is -2.13. The molecule has 0 radical (unpaired) electrons. The van der Waals surface area contributed by atoms with E-state index < -0.39 is 110 Å². The largest absolute Gasteiger partial charge is 0.502 e. The van der Waals surface area contributed by atoms with Gasteiger partial charge in [0.25, 0.3) is 6.54 Å². The second-order valence-corrected chi connectivity index (χ2v) is 15.7. The van der Waals surface area contributed by atoms with Gasteiger partial charge in [-0.3, -0.25) is 64.3 Å². The normalized spacial score (nSPS) is 12.4. The fraction of sp³-hybridized carbons (Fsp3) is 0.318. The van der Waals surface area contributed by atoms with Gasteiger partial charge in [-0.15, -0.1) is 11.6 Å². The summed E-state index contributed by atoms with van der Waals surface area (Å²) in [7, 11) is 0. The SMILES string of the molecule is NC(C[N+](=O)[O-])=NCCC[C@H](N)C(=O)O.N[C@@H](Cc1ccc(O)c([N+](=O)[O-])c1)C(=O)O.N[C@@H](Cc1cccnc1)C(=O)O.Nc1ccc(C[C@H](N)C(=O)O)cc1.O=C(CCl)N[C@H](Cc1ccc(O)c([N+](=O)[O-])c1)C(=O)O. The van der Waals surface area contributed by atoms with Crippen molar-refractivity contribution in [3.63, 3.8) is 0 Å². The van der Waals surface area contributed by atoms with Gasteiger partial charge in [0, 0.05) is 48.1 Å². The smallest absolute Gasteiger partial charge is 0.326 e. The third-order valence-electron chi connectivity index (χ3n) is 9.28. The number of benzene rings is 3. The van der Waals surface area contributed by atoms with Gasteiger partial charge in [0.2, 0.25) is 5.91 Å². The number of anilines is 1. The van der Waals surface area contributed by atoms with E-state index in [0.29, 0.717) is 30.5 Å². The van der Waals surface area contributed by atoms with E-state index in [1.807, 2.05) is 0 Å². The average Bonchev–Trinajstić information content (AvgIpc) is 3.34. The van der Waals surface area contributed by atoms with Gasteiger partial charge in [-0.25, -0.2) is 4.79 Å². The zero-order chi connectivity index (χ0) is 58.2. The maximum Gasteiger partial charge on any atom is 0.326 e. The van der Waals surface area contributed by atoms with E-state index in [0.717, 1.165) is 35.4 Å². The van der Waals surface area contributed by atoms with E-state index >= 15 is 0 Å². The minimum absolute atomic E-state index is 0.0313. The van der Waals surface area contributed by atoms with Crippen LogP contribution in [0.5, 0.6) is 11.5 Å². The van der Waals surface area contributed by atoms with Crippen LogP contribution in [0.1, 0.15) is 35.1 Å². The van der Waals surface area contributed by atoms with Crippen LogP contribution in [0.2, 0.25) is 0 Å². The second kappa shape index (κ2) is 35.1. The number of amidine groups is 1. The Hall–Kier alpha value is -9.17. The number of nitrogen functional groups attached to an aromatic ring is 1. The summed E-state index contributed by atoms with van der Waals surface area (Å²) in [5, 5.41) is 94.8. The van der Waals surface area contributed by atoms with Crippen LogP contribution in [0.4, 0.5) is 17.1 Å². The first-order valence-corrected chi connectivity index (χ1v) is 22.1. The van der Waals surface area contributed by atoms with Crippen molar-refractivity contribution < 1.29 is 79.3 Å². The highest BCUT2D eigenvalue weighted by molar-refractivity contribution is 6.27. The predicted molar refractivity (Wildman–Crippen MR) is 270 cm³/mol. The molecule has 0 saturated carbocycles. The number of alkyl halides is 1. The quantitative estimate of drug-likeness (QED) is 0.00882. The number of hydrogen-bond acceptors (Lipinski definition) is 21. The molecule has 0 fully saturated rings. The van der Waals surface area contributed by atoms with Crippen LogP contribution in [-0.2, 0) is 54.5 Å². The summed E-state index contributed by atoms with van der Waals surface area (Å²) in [5.74, 6) is -7.62. The van der Waals surface area contributed by atoms with Crippen molar-refractivity contribution in [3.05, 3.63) is 138 Å². The van der Waals surface area contributed by atoms with Crippen LogP contribution in [-0.4, -0.2) is 146 Å². The number of aliphatic imine (C=N–C) groups is 1. The molecular weight excluding hydrogens is 1040 g/mol. The van der Waals surface area contributed by atoms with Crippen LogP contribution in [0.3, 0.4) is 0 Å². The third-order valence-corrected chi connectivity index (χ3v) is 9.53. The van der Waals surface area contributed by atoms with Crippen LogP contribution < -0.4 is 39.7 Å². The van der Waals surface area contributed by atoms with Crippen molar-refractivity contribution in [3.8, 4) is 11.5 Å². The molecule has 0 unspecified atom stereocenters. The number of nitro benzene ring substituents is 2. The number of nitrogens with two attached hydrogens (primary N) is 6. The molecule has 0 aliphatic carbocycles. The molecule has 76 heavy (non-hydrogen) atoms. The molecule has 20 N–H and O–H groups in total. The van der Waals surface area contributed by atoms with Gasteiger partial charge in [-0.05, 0) is 84.7 Å². The number of carboxylic acids is 5. The average molecular weight is 1090 g/mol. The Kier molecular flexibility index (Phi) is 30.8. The molecule has 3 aromatic carbocycles. The number of amides is 1. The molecule has 0 saturated heterocycles. The summed E-state index contributed by atoms with van der Waals surface area (Å²) in [6.45, 7) is -0.244. The Morgan fingerprint density at radius 3 is 1.46 bits per heavy atom. The summed E-state index contributed by atoms with van der Waals surface area (Å²) in [5.41, 5.74) is 33.9. The molecule has 0 aliphatic heterocycles. The van der Waals surface area contributed by atoms with E-state index in [-0.39, 0.29) is 43.1 Å². The van der Waals surface area contributed by atoms with Crippen LogP contribution in [0.15, 0.2) is 90.2 Å². The lowest BCUT2D eigenvalue weighted by atomic mass is 10.0. The number of nitrogens with one attached hydrogen (secondary N) is 1. The number of rotatable bonds is 23. The van der Waals surface area contributed by atoms with Gasteiger partial charge < -0.3 is 75.5 Å². The highest BCUT2D eigenvalue weighted by atomic mass is 35.5. The monoisotopic (exact) mass is 1090 g/mol. The number of aromatic hydroxyl groups is 2. The molecule has 4 aromatic rings. The fourth-order valence-corrected chi connectivity index (χ4v) is 5.47. The molecule has 1 amide bonds. The van der Waals surface area contributed by atoms with Crippen molar-refractivity contribution in [2.24, 2.45) is 33.7 Å². The van der Waals surface area contributed by atoms with Crippen molar-refractivity contribution >= 4 is 70.3 Å². The number of nitrogens with zero attached hydrogens (tertiary/aromatic N) is 5. The van der Waals surface area contributed by atoms with E-state index in [1.165, 1.54) is 12.1 Å². The number of aliphatic carboxylic acids is 5. The van der Waals surface area contributed by atoms with Gasteiger partial charge in [-0.1, -0.05) is 30.3 Å². The number of nitro groups is 3. The number of aromatic nitrogens is 1. The maximum absolute atomic E-state index is 11.1. The minimum Gasteiger partial charge on any atom is -0.502 e. The van der Waals surface area contributed by atoms with Crippen LogP contribution in [0, 0.1) is 30.3 Å². The number of carbonyl (C=O) groups excluding carboxylic acids is 1. The third kappa shape index (κ3) is 28.8. The van der Waals surface area contributed by atoms with Gasteiger partial charge in [-0.2, -0.15) is 0 Å². The summed E-state index contributed by atoms with van der Waals surface area (Å²) in [6, 6.07) is 12.7. The van der Waals surface area contributed by atoms with Crippen molar-refractivity contribution in [1.82, 2.24) is 10.3 Å². The first kappa shape index (κ1) is 66.8. The Balaban J connectivity index is 0.000000935. The molecule has 1 aromatic heterocycles. The summed E-state index contributed by atoms with van der Waals surface area (Å²) in [4.78, 5) is 100. The summed E-state index contributed by atoms with van der Waals surface area (Å²) in [6.07, 6.45) is 4.41. The maximum atomic E-state index is 11.1. The Morgan fingerprint density at radius 2 is 1.07 bits per heavy atom. The Bertz CT molecular complexity index is 2610. The fourth-order valence-electron chi connectivity index (χ4n) is 5.39. The first-order chi connectivity index (χ1) is 35.5.